The second-order valence-corrected chi connectivity index (χ2v) is 8.35. The van der Waals surface area contributed by atoms with Gasteiger partial charge in [-0.2, -0.15) is 0 Å². The Morgan fingerprint density at radius 2 is 1.92 bits per heavy atom. The second-order valence-electron chi connectivity index (χ2n) is 7.54. The van der Waals surface area contributed by atoms with Gasteiger partial charge in [0.25, 0.3) is 0 Å². The summed E-state index contributed by atoms with van der Waals surface area (Å²) in [6, 6.07) is 4.22. The first-order valence-corrected chi connectivity index (χ1v) is 10.2. The van der Waals surface area contributed by atoms with Crippen molar-refractivity contribution in [2.24, 2.45) is 0 Å². The van der Waals surface area contributed by atoms with Crippen LogP contribution in [0.3, 0.4) is 0 Å². The van der Waals surface area contributed by atoms with Crippen LogP contribution in [0.2, 0.25) is 0 Å². The lowest BCUT2D eigenvalue weighted by atomic mass is 9.83. The minimum Gasteiger partial charge on any atom is -0.453 e. The van der Waals surface area contributed by atoms with E-state index < -0.39 is 0 Å². The number of rotatable bonds is 3. The molecule has 0 saturated carbocycles. The van der Waals surface area contributed by atoms with E-state index in [1.165, 1.54) is 46.2 Å². The summed E-state index contributed by atoms with van der Waals surface area (Å²) in [4.78, 5) is 14.8. The van der Waals surface area contributed by atoms with E-state index in [0.29, 0.717) is 0 Å². The van der Waals surface area contributed by atoms with Crippen molar-refractivity contribution in [3.05, 3.63) is 45.7 Å². The van der Waals surface area contributed by atoms with Gasteiger partial charge < -0.3 is 14.6 Å². The Balaban J connectivity index is 1.27. The van der Waals surface area contributed by atoms with Crippen LogP contribution in [0.1, 0.15) is 40.0 Å². The number of furan rings is 1. The number of benzene rings is 1. The van der Waals surface area contributed by atoms with Crippen molar-refractivity contribution in [2.75, 3.05) is 18.9 Å². The molecule has 0 fully saturated rings. The zero-order valence-electron chi connectivity index (χ0n) is 15.0. The number of aryl methyl sites for hydroxylation is 2. The van der Waals surface area contributed by atoms with Crippen LogP contribution in [0.25, 0.3) is 0 Å². The molecule has 0 bridgehead atoms. The fourth-order valence-electron chi connectivity index (χ4n) is 4.33. The number of nitrogens with one attached hydrogen (secondary N) is 2. The number of amides is 2. The van der Waals surface area contributed by atoms with Gasteiger partial charge in [-0.05, 0) is 67.5 Å². The third-order valence-corrected chi connectivity index (χ3v) is 6.45. The molecular weight excluding hydrogens is 346 g/mol. The lowest BCUT2D eigenvalue weighted by Crippen LogP contribution is -2.26. The summed E-state index contributed by atoms with van der Waals surface area (Å²) in [5.74, 6) is 1.05. The van der Waals surface area contributed by atoms with Crippen LogP contribution in [-0.4, -0.2) is 24.5 Å². The van der Waals surface area contributed by atoms with E-state index in [2.05, 4.69) is 28.1 Å². The van der Waals surface area contributed by atoms with Gasteiger partial charge in [0, 0.05) is 42.7 Å². The minimum absolute atomic E-state index is 0.170. The van der Waals surface area contributed by atoms with Gasteiger partial charge in [0.2, 0.25) is 0 Å². The van der Waals surface area contributed by atoms with Crippen molar-refractivity contribution >= 4 is 23.7 Å². The van der Waals surface area contributed by atoms with Crippen LogP contribution in [0.4, 0.5) is 10.5 Å². The number of carbonyl (C=O) groups is 1. The maximum Gasteiger partial charge on any atom is 0.329 e. The van der Waals surface area contributed by atoms with Gasteiger partial charge in [-0.15, -0.1) is 0 Å². The molecule has 0 atom stereocenters. The molecule has 0 radical (unpaired) electrons. The Kier molecular flexibility index (Phi) is 3.98. The van der Waals surface area contributed by atoms with Gasteiger partial charge in [0.15, 0.2) is 5.09 Å². The van der Waals surface area contributed by atoms with Crippen LogP contribution >= 0.6 is 11.9 Å². The van der Waals surface area contributed by atoms with Crippen molar-refractivity contribution < 1.29 is 9.21 Å². The van der Waals surface area contributed by atoms with Crippen molar-refractivity contribution in [1.82, 2.24) is 9.62 Å². The molecule has 26 heavy (non-hydrogen) atoms. The Hall–Kier alpha value is -1.92. The highest BCUT2D eigenvalue weighted by molar-refractivity contribution is 7.97. The van der Waals surface area contributed by atoms with Gasteiger partial charge in [0.1, 0.15) is 5.76 Å². The highest BCUT2D eigenvalue weighted by atomic mass is 32.2. The van der Waals surface area contributed by atoms with E-state index in [1.54, 1.807) is 0 Å². The third-order valence-electron chi connectivity index (χ3n) is 5.76. The summed E-state index contributed by atoms with van der Waals surface area (Å²) in [6.07, 6.45) is 6.55. The molecule has 1 aromatic heterocycles. The lowest BCUT2D eigenvalue weighted by molar-refractivity contribution is 0.257. The molecule has 0 saturated heterocycles. The molecular formula is C20H23N3O2S. The predicted octanol–water partition coefficient (Wildman–Crippen LogP) is 3.68. The van der Waals surface area contributed by atoms with Gasteiger partial charge >= 0.3 is 6.03 Å². The van der Waals surface area contributed by atoms with Gasteiger partial charge in [-0.3, -0.25) is 4.72 Å². The molecule has 1 aliphatic heterocycles. The van der Waals surface area contributed by atoms with E-state index in [1.807, 2.05) is 6.07 Å². The lowest BCUT2D eigenvalue weighted by Gasteiger charge is -2.26. The standard InChI is InChI=1S/C20H23N3O2S/c1-23-8-7-17-14(11-23)10-18(25-17)26-22-20(24)21-19-15-4-2-3-12(15)9-13-5-6-16(13)19/h9-10H,2-8,11H2,1H3,(H2,21,22,24). The summed E-state index contributed by atoms with van der Waals surface area (Å²) < 4.78 is 8.77. The van der Waals surface area contributed by atoms with Gasteiger partial charge in [0.05, 0.1) is 0 Å². The summed E-state index contributed by atoms with van der Waals surface area (Å²) in [5, 5.41) is 3.88. The van der Waals surface area contributed by atoms with Crippen LogP contribution in [0.15, 0.2) is 21.6 Å². The number of likely N-dealkylation sites (N-methyl/N-ethyl adjacent to an activating group) is 1. The first-order valence-electron chi connectivity index (χ1n) is 9.38. The van der Waals surface area contributed by atoms with Crippen LogP contribution in [0, 0.1) is 0 Å². The summed E-state index contributed by atoms with van der Waals surface area (Å²) in [7, 11) is 2.11. The highest BCUT2D eigenvalue weighted by Gasteiger charge is 2.26. The predicted molar refractivity (Wildman–Crippen MR) is 103 cm³/mol. The van der Waals surface area contributed by atoms with E-state index in [-0.39, 0.29) is 6.03 Å². The Labute approximate surface area is 157 Å². The SMILES string of the molecule is CN1CCc2oc(SNC(=O)Nc3c4c(cc5c3CC5)CCC4)cc2C1. The van der Waals surface area contributed by atoms with Gasteiger partial charge in [-0.25, -0.2) is 4.79 Å². The molecule has 1 aromatic carbocycles. The zero-order chi connectivity index (χ0) is 17.7. The fourth-order valence-corrected chi connectivity index (χ4v) is 4.92. The smallest absolute Gasteiger partial charge is 0.329 e. The monoisotopic (exact) mass is 369 g/mol. The molecule has 2 aliphatic carbocycles. The first-order chi connectivity index (χ1) is 12.7. The quantitative estimate of drug-likeness (QED) is 0.811. The largest absolute Gasteiger partial charge is 0.453 e. The molecule has 5 nitrogen and oxygen atoms in total. The van der Waals surface area contributed by atoms with Crippen LogP contribution < -0.4 is 10.0 Å². The molecule has 2 heterocycles. The summed E-state index contributed by atoms with van der Waals surface area (Å²) in [6.45, 7) is 1.93. The van der Waals surface area contributed by atoms with E-state index in [9.17, 15) is 4.79 Å². The normalized spacial score (nSPS) is 17.9. The number of hydrogen-bond donors (Lipinski definition) is 2. The number of urea groups is 1. The Morgan fingerprint density at radius 3 is 2.77 bits per heavy atom. The summed E-state index contributed by atoms with van der Waals surface area (Å²) >= 11 is 1.26. The molecule has 0 spiro atoms. The average Bonchev–Trinajstić information content (AvgIpc) is 3.21. The van der Waals surface area contributed by atoms with Crippen molar-refractivity contribution in [3.63, 3.8) is 0 Å². The number of fused-ring (bicyclic) bond motifs is 3. The Bertz CT molecular complexity index is 890. The summed E-state index contributed by atoms with van der Waals surface area (Å²) in [5.41, 5.74) is 7.82. The first kappa shape index (κ1) is 16.3. The second kappa shape index (κ2) is 6.35. The molecule has 5 rings (SSSR count). The molecule has 2 amide bonds. The van der Waals surface area contributed by atoms with Crippen molar-refractivity contribution in [2.45, 2.75) is 50.2 Å². The molecule has 2 aromatic rings. The molecule has 6 heteroatoms. The van der Waals surface area contributed by atoms with Gasteiger partial charge in [-0.1, -0.05) is 6.07 Å². The number of nitrogens with zero attached hydrogens (tertiary/aromatic N) is 1. The average molecular weight is 369 g/mol. The molecule has 136 valence electrons. The number of carbonyl (C=O) groups excluding carboxylic acids is 1. The topological polar surface area (TPSA) is 57.5 Å². The maximum atomic E-state index is 12.5. The Morgan fingerprint density at radius 1 is 1.08 bits per heavy atom. The van der Waals surface area contributed by atoms with Crippen LogP contribution in [0.5, 0.6) is 0 Å². The molecule has 3 aliphatic rings. The maximum absolute atomic E-state index is 12.5. The van der Waals surface area contributed by atoms with Crippen molar-refractivity contribution in [1.29, 1.82) is 0 Å². The molecule has 0 unspecified atom stereocenters. The fraction of sp³-hybridized carbons (Fsp3) is 0.450. The highest BCUT2D eigenvalue weighted by Crippen LogP contribution is 2.39. The number of anilines is 1. The minimum atomic E-state index is -0.170. The zero-order valence-corrected chi connectivity index (χ0v) is 15.8. The number of hydrogen-bond acceptors (Lipinski definition) is 4. The van der Waals surface area contributed by atoms with E-state index in [4.69, 9.17) is 4.42 Å². The van der Waals surface area contributed by atoms with Crippen molar-refractivity contribution in [3.8, 4) is 0 Å². The van der Waals surface area contributed by atoms with E-state index in [0.717, 1.165) is 61.7 Å². The third kappa shape index (κ3) is 2.81. The molecule has 2 N–H and O–H groups in total. The van der Waals surface area contributed by atoms with E-state index >= 15 is 0 Å². The van der Waals surface area contributed by atoms with Crippen LogP contribution in [-0.2, 0) is 38.6 Å².